The van der Waals surface area contributed by atoms with Gasteiger partial charge in [0.1, 0.15) is 0 Å². The number of carbonyl (C=O) groups is 2. The Balaban J connectivity index is 1.79. The topological polar surface area (TPSA) is 69.6 Å². The summed E-state index contributed by atoms with van der Waals surface area (Å²) in [5, 5.41) is 11.9. The second-order valence-corrected chi connectivity index (χ2v) is 7.11. The van der Waals surface area contributed by atoms with Gasteiger partial charge < -0.3 is 15.3 Å². The molecule has 5 heteroatoms. The van der Waals surface area contributed by atoms with Crippen LogP contribution in [0.3, 0.4) is 0 Å². The molecule has 0 radical (unpaired) electrons. The zero-order chi connectivity index (χ0) is 14.8. The minimum absolute atomic E-state index is 0.0133. The first kappa shape index (κ1) is 15.1. The predicted molar refractivity (Wildman–Crippen MR) is 76.5 cm³/mol. The fraction of sp³-hybridized carbons (Fsp3) is 0.867. The summed E-state index contributed by atoms with van der Waals surface area (Å²) in [5.41, 5.74) is 0.313. The van der Waals surface area contributed by atoms with E-state index >= 15 is 0 Å². The monoisotopic (exact) mass is 282 g/mol. The number of aliphatic carboxylic acids is 1. The molecule has 2 N–H and O–H groups in total. The first-order valence-electron chi connectivity index (χ1n) is 7.63. The molecular weight excluding hydrogens is 256 g/mol. The summed E-state index contributed by atoms with van der Waals surface area (Å²) >= 11 is 0. The van der Waals surface area contributed by atoms with E-state index in [-0.39, 0.29) is 24.4 Å². The second kappa shape index (κ2) is 6.02. The number of carboxylic acids is 1. The molecule has 20 heavy (non-hydrogen) atoms. The van der Waals surface area contributed by atoms with Crippen LogP contribution >= 0.6 is 0 Å². The Morgan fingerprint density at radius 2 is 2.10 bits per heavy atom. The molecule has 1 aliphatic heterocycles. The normalized spacial score (nSPS) is 29.2. The molecule has 1 heterocycles. The smallest absolute Gasteiger partial charge is 0.317 e. The average Bonchev–Trinajstić information content (AvgIpc) is 2.75. The molecule has 114 valence electrons. The van der Waals surface area contributed by atoms with Crippen molar-refractivity contribution in [1.29, 1.82) is 0 Å². The quantitative estimate of drug-likeness (QED) is 0.835. The maximum Gasteiger partial charge on any atom is 0.317 e. The van der Waals surface area contributed by atoms with Crippen molar-refractivity contribution in [2.24, 2.45) is 11.3 Å². The lowest BCUT2D eigenvalue weighted by atomic mass is 9.75. The minimum Gasteiger partial charge on any atom is -0.481 e. The highest BCUT2D eigenvalue weighted by atomic mass is 16.4. The van der Waals surface area contributed by atoms with E-state index in [0.717, 1.165) is 19.3 Å². The van der Waals surface area contributed by atoms with Crippen LogP contribution in [0.1, 0.15) is 52.4 Å². The van der Waals surface area contributed by atoms with Crippen LogP contribution in [0.15, 0.2) is 0 Å². The van der Waals surface area contributed by atoms with Gasteiger partial charge >= 0.3 is 12.0 Å². The van der Waals surface area contributed by atoms with Gasteiger partial charge in [0.2, 0.25) is 0 Å². The Morgan fingerprint density at radius 1 is 1.35 bits per heavy atom. The SMILES string of the molecule is CC1(C)CCCC(NC(=O)N2CCC(CC(=O)O)C2)C1. The second-order valence-electron chi connectivity index (χ2n) is 7.11. The Labute approximate surface area is 120 Å². The van der Waals surface area contributed by atoms with Crippen LogP contribution in [-0.4, -0.2) is 41.1 Å². The summed E-state index contributed by atoms with van der Waals surface area (Å²) in [4.78, 5) is 24.7. The molecule has 1 aliphatic carbocycles. The van der Waals surface area contributed by atoms with E-state index in [1.807, 2.05) is 0 Å². The lowest BCUT2D eigenvalue weighted by Crippen LogP contribution is -2.46. The van der Waals surface area contributed by atoms with Gasteiger partial charge in [-0.15, -0.1) is 0 Å². The van der Waals surface area contributed by atoms with Crippen LogP contribution < -0.4 is 5.32 Å². The molecule has 0 aromatic rings. The summed E-state index contributed by atoms with van der Waals surface area (Å²) in [7, 11) is 0. The van der Waals surface area contributed by atoms with Gasteiger partial charge in [-0.05, 0) is 37.0 Å². The van der Waals surface area contributed by atoms with Crippen molar-refractivity contribution in [1.82, 2.24) is 10.2 Å². The molecule has 1 saturated carbocycles. The van der Waals surface area contributed by atoms with Crippen LogP contribution in [-0.2, 0) is 4.79 Å². The lowest BCUT2D eigenvalue weighted by Gasteiger charge is -2.36. The standard InChI is InChI=1S/C15H26N2O3/c1-15(2)6-3-4-12(9-15)16-14(20)17-7-5-11(10-17)8-13(18)19/h11-12H,3-10H2,1-2H3,(H,16,20)(H,18,19). The molecule has 2 amide bonds. The molecule has 2 unspecified atom stereocenters. The molecule has 1 saturated heterocycles. The number of nitrogens with zero attached hydrogens (tertiary/aromatic N) is 1. The van der Waals surface area contributed by atoms with Crippen LogP contribution in [0.25, 0.3) is 0 Å². The number of carbonyl (C=O) groups excluding carboxylic acids is 1. The van der Waals surface area contributed by atoms with Crippen molar-refractivity contribution < 1.29 is 14.7 Å². The Hall–Kier alpha value is -1.26. The minimum atomic E-state index is -0.772. The van der Waals surface area contributed by atoms with Crippen molar-refractivity contribution in [3.05, 3.63) is 0 Å². The van der Waals surface area contributed by atoms with Crippen LogP contribution in [0.4, 0.5) is 4.79 Å². The number of nitrogens with one attached hydrogen (secondary N) is 1. The van der Waals surface area contributed by atoms with Gasteiger partial charge in [-0.25, -0.2) is 4.79 Å². The number of urea groups is 1. The fourth-order valence-electron chi connectivity index (χ4n) is 3.52. The highest BCUT2D eigenvalue weighted by Crippen LogP contribution is 2.35. The van der Waals surface area contributed by atoms with Crippen molar-refractivity contribution in [3.63, 3.8) is 0 Å². The fourth-order valence-corrected chi connectivity index (χ4v) is 3.52. The first-order valence-corrected chi connectivity index (χ1v) is 7.63. The molecule has 0 aromatic heterocycles. The van der Waals surface area contributed by atoms with E-state index < -0.39 is 5.97 Å². The molecular formula is C15H26N2O3. The van der Waals surface area contributed by atoms with Crippen LogP contribution in [0.2, 0.25) is 0 Å². The average molecular weight is 282 g/mol. The van der Waals surface area contributed by atoms with E-state index in [1.165, 1.54) is 12.8 Å². The molecule has 5 nitrogen and oxygen atoms in total. The van der Waals surface area contributed by atoms with Gasteiger partial charge in [0.15, 0.2) is 0 Å². The van der Waals surface area contributed by atoms with Crippen molar-refractivity contribution in [3.8, 4) is 0 Å². The largest absolute Gasteiger partial charge is 0.481 e. The van der Waals surface area contributed by atoms with Gasteiger partial charge in [-0.1, -0.05) is 20.3 Å². The zero-order valence-electron chi connectivity index (χ0n) is 12.5. The summed E-state index contributed by atoms with van der Waals surface area (Å²) < 4.78 is 0. The summed E-state index contributed by atoms with van der Waals surface area (Å²) in [6.07, 6.45) is 5.45. The van der Waals surface area contributed by atoms with E-state index in [9.17, 15) is 9.59 Å². The Kier molecular flexibility index (Phi) is 4.55. The van der Waals surface area contributed by atoms with Gasteiger partial charge in [-0.3, -0.25) is 4.79 Å². The maximum absolute atomic E-state index is 12.2. The molecule has 2 aliphatic rings. The van der Waals surface area contributed by atoms with Gasteiger partial charge in [0, 0.05) is 25.6 Å². The van der Waals surface area contributed by atoms with E-state index in [2.05, 4.69) is 19.2 Å². The molecule has 0 bridgehead atoms. The van der Waals surface area contributed by atoms with Crippen molar-refractivity contribution in [2.75, 3.05) is 13.1 Å². The molecule has 2 atom stereocenters. The van der Waals surface area contributed by atoms with E-state index in [1.54, 1.807) is 4.90 Å². The van der Waals surface area contributed by atoms with Gasteiger partial charge in [0.05, 0.1) is 0 Å². The lowest BCUT2D eigenvalue weighted by molar-refractivity contribution is -0.138. The third-order valence-corrected chi connectivity index (χ3v) is 4.57. The highest BCUT2D eigenvalue weighted by molar-refractivity contribution is 5.75. The van der Waals surface area contributed by atoms with Crippen molar-refractivity contribution >= 4 is 12.0 Å². The first-order chi connectivity index (χ1) is 9.35. The van der Waals surface area contributed by atoms with Gasteiger partial charge in [0.25, 0.3) is 0 Å². The van der Waals surface area contributed by atoms with Crippen LogP contribution in [0.5, 0.6) is 0 Å². The highest BCUT2D eigenvalue weighted by Gasteiger charge is 2.32. The molecule has 2 rings (SSSR count). The number of hydrogen-bond acceptors (Lipinski definition) is 2. The zero-order valence-corrected chi connectivity index (χ0v) is 12.5. The Morgan fingerprint density at radius 3 is 2.75 bits per heavy atom. The molecule has 2 fully saturated rings. The van der Waals surface area contributed by atoms with E-state index in [0.29, 0.717) is 18.5 Å². The summed E-state index contributed by atoms with van der Waals surface area (Å²) in [5.74, 6) is -0.660. The van der Waals surface area contributed by atoms with E-state index in [4.69, 9.17) is 5.11 Å². The molecule has 0 spiro atoms. The predicted octanol–water partition coefficient (Wildman–Crippen LogP) is 2.46. The van der Waals surface area contributed by atoms with Crippen LogP contribution in [0, 0.1) is 11.3 Å². The number of hydrogen-bond donors (Lipinski definition) is 2. The maximum atomic E-state index is 12.2. The number of amides is 2. The van der Waals surface area contributed by atoms with Crippen molar-refractivity contribution in [2.45, 2.75) is 58.4 Å². The third kappa shape index (κ3) is 4.12. The third-order valence-electron chi connectivity index (χ3n) is 4.57. The Bertz CT molecular complexity index is 381. The van der Waals surface area contributed by atoms with Gasteiger partial charge in [-0.2, -0.15) is 0 Å². The molecule has 0 aromatic carbocycles. The number of rotatable bonds is 3. The number of carboxylic acid groups (broad SMARTS) is 1. The number of likely N-dealkylation sites (tertiary alicyclic amines) is 1. The summed E-state index contributed by atoms with van der Waals surface area (Å²) in [6.45, 7) is 5.77. The summed E-state index contributed by atoms with van der Waals surface area (Å²) in [6, 6.07) is 0.255.